The van der Waals surface area contributed by atoms with E-state index in [2.05, 4.69) is 20.6 Å². The summed E-state index contributed by atoms with van der Waals surface area (Å²) in [6.45, 7) is 1.63. The molecule has 0 radical (unpaired) electrons. The Morgan fingerprint density at radius 3 is 3.16 bits per heavy atom. The number of anilines is 1. The van der Waals surface area contributed by atoms with Crippen LogP contribution < -0.4 is 5.32 Å². The molecule has 1 aliphatic heterocycles. The fraction of sp³-hybridized carbons (Fsp3) is 0.353. The van der Waals surface area contributed by atoms with E-state index in [9.17, 15) is 4.39 Å². The molecule has 7 nitrogen and oxygen atoms in total. The molecule has 25 heavy (non-hydrogen) atoms. The molecule has 8 heteroatoms. The number of aromatic nitrogens is 4. The summed E-state index contributed by atoms with van der Waals surface area (Å²) in [7, 11) is 1.67. The van der Waals surface area contributed by atoms with Crippen molar-refractivity contribution in [3.63, 3.8) is 0 Å². The van der Waals surface area contributed by atoms with Crippen molar-refractivity contribution in [2.45, 2.75) is 18.7 Å². The molecule has 1 aromatic carbocycles. The zero-order chi connectivity index (χ0) is 17.2. The van der Waals surface area contributed by atoms with E-state index in [-0.39, 0.29) is 18.0 Å². The minimum Gasteiger partial charge on any atom is -0.379 e. The molecule has 4 rings (SSSR count). The molecule has 0 unspecified atom stereocenters. The average molecular weight is 343 g/mol. The summed E-state index contributed by atoms with van der Waals surface area (Å²) < 4.78 is 26.0. The first kappa shape index (κ1) is 15.9. The molecule has 2 aromatic heterocycles. The van der Waals surface area contributed by atoms with E-state index in [1.54, 1.807) is 24.1 Å². The molecule has 0 aliphatic carbocycles. The second kappa shape index (κ2) is 6.73. The number of hydrogen-bond donors (Lipinski definition) is 1. The maximum absolute atomic E-state index is 13.3. The quantitative estimate of drug-likeness (QED) is 0.765. The highest BCUT2D eigenvalue weighted by atomic mass is 19.1. The molecular weight excluding hydrogens is 325 g/mol. The van der Waals surface area contributed by atoms with Crippen molar-refractivity contribution in [1.29, 1.82) is 0 Å². The van der Waals surface area contributed by atoms with Crippen LogP contribution in [0.2, 0.25) is 0 Å². The van der Waals surface area contributed by atoms with E-state index >= 15 is 0 Å². The molecule has 130 valence electrons. The van der Waals surface area contributed by atoms with Crippen molar-refractivity contribution in [2.24, 2.45) is 0 Å². The highest BCUT2D eigenvalue weighted by Crippen LogP contribution is 2.23. The van der Waals surface area contributed by atoms with Gasteiger partial charge < -0.3 is 14.8 Å². The lowest BCUT2D eigenvalue weighted by Crippen LogP contribution is -2.24. The van der Waals surface area contributed by atoms with Crippen LogP contribution in [-0.4, -0.2) is 46.4 Å². The minimum absolute atomic E-state index is 0.0125. The maximum Gasteiger partial charge on any atom is 0.125 e. The Balaban J connectivity index is 1.49. The molecule has 0 spiro atoms. The number of halogens is 1. The zero-order valence-electron chi connectivity index (χ0n) is 13.7. The van der Waals surface area contributed by atoms with Crippen LogP contribution in [0, 0.1) is 5.82 Å². The molecule has 2 atom stereocenters. The van der Waals surface area contributed by atoms with Crippen molar-refractivity contribution in [3.8, 4) is 0 Å². The van der Waals surface area contributed by atoms with Crippen LogP contribution in [0.25, 0.3) is 10.9 Å². The van der Waals surface area contributed by atoms with Crippen LogP contribution in [0.4, 0.5) is 10.1 Å². The fourth-order valence-corrected chi connectivity index (χ4v) is 3.01. The van der Waals surface area contributed by atoms with Gasteiger partial charge in [-0.15, -0.1) is 5.10 Å². The number of ether oxygens (including phenoxy) is 2. The number of fused-ring (bicyclic) bond motifs is 1. The molecule has 1 aliphatic rings. The summed E-state index contributed by atoms with van der Waals surface area (Å²) in [6.07, 6.45) is 3.53. The summed E-state index contributed by atoms with van der Waals surface area (Å²) in [4.78, 5) is 4.19. The Morgan fingerprint density at radius 2 is 2.28 bits per heavy atom. The van der Waals surface area contributed by atoms with Gasteiger partial charge in [0, 0.05) is 30.4 Å². The predicted molar refractivity (Wildman–Crippen MR) is 89.7 cm³/mol. The van der Waals surface area contributed by atoms with E-state index < -0.39 is 0 Å². The van der Waals surface area contributed by atoms with E-state index in [0.717, 1.165) is 16.8 Å². The van der Waals surface area contributed by atoms with Crippen LogP contribution in [0.3, 0.4) is 0 Å². The first-order valence-corrected chi connectivity index (χ1v) is 8.04. The van der Waals surface area contributed by atoms with E-state index in [1.165, 1.54) is 12.1 Å². The molecule has 0 amide bonds. The van der Waals surface area contributed by atoms with Crippen molar-refractivity contribution in [3.05, 3.63) is 48.2 Å². The van der Waals surface area contributed by atoms with Crippen LogP contribution in [0.5, 0.6) is 0 Å². The highest BCUT2D eigenvalue weighted by Gasteiger charge is 2.30. The van der Waals surface area contributed by atoms with Gasteiger partial charge in [0.15, 0.2) is 0 Å². The van der Waals surface area contributed by atoms with Gasteiger partial charge in [0.1, 0.15) is 23.7 Å². The minimum atomic E-state index is -0.299. The number of pyridine rings is 1. The summed E-state index contributed by atoms with van der Waals surface area (Å²) in [5.74, 6) is -0.299. The maximum atomic E-state index is 13.3. The summed E-state index contributed by atoms with van der Waals surface area (Å²) in [5.41, 5.74) is 2.28. The van der Waals surface area contributed by atoms with Crippen molar-refractivity contribution in [1.82, 2.24) is 20.0 Å². The second-order valence-electron chi connectivity index (χ2n) is 5.94. The van der Waals surface area contributed by atoms with Gasteiger partial charge in [0.2, 0.25) is 0 Å². The van der Waals surface area contributed by atoms with Gasteiger partial charge in [-0.25, -0.2) is 9.07 Å². The zero-order valence-corrected chi connectivity index (χ0v) is 13.7. The summed E-state index contributed by atoms with van der Waals surface area (Å²) in [6, 6.07) is 6.46. The van der Waals surface area contributed by atoms with Gasteiger partial charge >= 0.3 is 0 Å². The highest BCUT2D eigenvalue weighted by molar-refractivity contribution is 5.90. The standard InChI is InChI=1S/C17H18FN5O2/c1-24-17-10-25-9-16(17)23-8-12(21-22-23)7-20-14-4-5-19-15-6-11(18)2-3-13(14)15/h2-6,8,16-17H,7,9-10H2,1H3,(H,19,20)/t16-,17-/m1/s1. The topological polar surface area (TPSA) is 74.1 Å². The third-order valence-electron chi connectivity index (χ3n) is 4.36. The first-order chi connectivity index (χ1) is 12.2. The Hall–Kier alpha value is -2.58. The lowest BCUT2D eigenvalue weighted by molar-refractivity contribution is 0.0661. The lowest BCUT2D eigenvalue weighted by atomic mass is 10.2. The number of nitrogens with zero attached hydrogens (tertiary/aromatic N) is 4. The number of methoxy groups -OCH3 is 1. The second-order valence-corrected chi connectivity index (χ2v) is 5.94. The van der Waals surface area contributed by atoms with E-state index in [0.29, 0.717) is 25.3 Å². The van der Waals surface area contributed by atoms with Gasteiger partial charge in [-0.2, -0.15) is 0 Å². The average Bonchev–Trinajstić information content (AvgIpc) is 3.28. The van der Waals surface area contributed by atoms with Crippen molar-refractivity contribution in [2.75, 3.05) is 25.6 Å². The number of hydrogen-bond acceptors (Lipinski definition) is 6. The third-order valence-corrected chi connectivity index (χ3v) is 4.36. The van der Waals surface area contributed by atoms with Crippen LogP contribution in [0.1, 0.15) is 11.7 Å². The molecule has 1 N–H and O–H groups in total. The molecule has 0 bridgehead atoms. The molecule has 1 saturated heterocycles. The smallest absolute Gasteiger partial charge is 0.125 e. The van der Waals surface area contributed by atoms with Gasteiger partial charge in [-0.3, -0.25) is 4.98 Å². The number of rotatable bonds is 5. The summed E-state index contributed by atoms with van der Waals surface area (Å²) >= 11 is 0. The number of nitrogens with one attached hydrogen (secondary N) is 1. The molecule has 3 heterocycles. The molecule has 1 fully saturated rings. The van der Waals surface area contributed by atoms with Gasteiger partial charge in [0.05, 0.1) is 31.5 Å². The Bertz CT molecular complexity index is 884. The largest absolute Gasteiger partial charge is 0.379 e. The predicted octanol–water partition coefficient (Wildman–Crippen LogP) is 2.16. The first-order valence-electron chi connectivity index (χ1n) is 8.04. The molecule has 3 aromatic rings. The monoisotopic (exact) mass is 343 g/mol. The molecule has 0 saturated carbocycles. The van der Waals surface area contributed by atoms with E-state index in [4.69, 9.17) is 9.47 Å². The van der Waals surface area contributed by atoms with Crippen LogP contribution in [-0.2, 0) is 16.0 Å². The van der Waals surface area contributed by atoms with Crippen molar-refractivity contribution >= 4 is 16.6 Å². The van der Waals surface area contributed by atoms with Crippen LogP contribution >= 0.6 is 0 Å². The normalized spacial score (nSPS) is 20.2. The van der Waals surface area contributed by atoms with Gasteiger partial charge in [0.25, 0.3) is 0 Å². The Morgan fingerprint density at radius 1 is 1.36 bits per heavy atom. The number of benzene rings is 1. The van der Waals surface area contributed by atoms with Crippen molar-refractivity contribution < 1.29 is 13.9 Å². The molecular formula is C17H18FN5O2. The lowest BCUT2D eigenvalue weighted by Gasteiger charge is -2.15. The summed E-state index contributed by atoms with van der Waals surface area (Å²) in [5, 5.41) is 12.6. The fourth-order valence-electron chi connectivity index (χ4n) is 3.01. The SMILES string of the molecule is CO[C@@H]1COC[C@H]1n1cc(CNc2ccnc3cc(F)ccc23)nn1. The Labute approximate surface area is 143 Å². The third kappa shape index (κ3) is 3.18. The van der Waals surface area contributed by atoms with Crippen LogP contribution in [0.15, 0.2) is 36.7 Å². The van der Waals surface area contributed by atoms with E-state index in [1.807, 2.05) is 12.3 Å². The Kier molecular flexibility index (Phi) is 4.29. The van der Waals surface area contributed by atoms with Gasteiger partial charge in [-0.1, -0.05) is 5.21 Å². The van der Waals surface area contributed by atoms with Gasteiger partial charge in [-0.05, 0) is 18.2 Å².